The summed E-state index contributed by atoms with van der Waals surface area (Å²) in [6.45, 7) is 4.73. The fourth-order valence-electron chi connectivity index (χ4n) is 3.78. The lowest BCUT2D eigenvalue weighted by molar-refractivity contribution is 0.415. The van der Waals surface area contributed by atoms with Crippen LogP contribution in [-0.4, -0.2) is 21.1 Å². The van der Waals surface area contributed by atoms with Crippen LogP contribution in [0.15, 0.2) is 36.4 Å². The van der Waals surface area contributed by atoms with Gasteiger partial charge in [-0.3, -0.25) is 0 Å². The Morgan fingerprint density at radius 2 is 2.07 bits per heavy atom. The summed E-state index contributed by atoms with van der Waals surface area (Å²) in [5, 5.41) is 11.0. The van der Waals surface area contributed by atoms with Gasteiger partial charge in [0, 0.05) is 18.0 Å². The van der Waals surface area contributed by atoms with Crippen molar-refractivity contribution in [1.82, 2.24) is 4.57 Å². The zero-order valence-corrected chi connectivity index (χ0v) is 17.6. The van der Waals surface area contributed by atoms with Crippen LogP contribution in [0.3, 0.4) is 0 Å². The molecular weight excluding hydrogens is 384 g/mol. The number of fused-ring (bicyclic) bond motifs is 1. The molecule has 29 heavy (non-hydrogen) atoms. The maximum absolute atomic E-state index is 12.4. The Morgan fingerprint density at radius 1 is 1.31 bits per heavy atom. The molecule has 1 atom stereocenters. The summed E-state index contributed by atoms with van der Waals surface area (Å²) in [7, 11) is 0.431. The highest BCUT2D eigenvalue weighted by Gasteiger charge is 2.32. The Labute approximate surface area is 173 Å². The summed E-state index contributed by atoms with van der Waals surface area (Å²) in [5.41, 5.74) is 5.09. The highest BCUT2D eigenvalue weighted by Crippen LogP contribution is 2.37. The van der Waals surface area contributed by atoms with Crippen LogP contribution >= 0.6 is 0 Å². The van der Waals surface area contributed by atoms with Crippen molar-refractivity contribution in [2.24, 2.45) is 5.84 Å². The van der Waals surface area contributed by atoms with E-state index in [0.29, 0.717) is 5.56 Å². The molecule has 1 unspecified atom stereocenters. The van der Waals surface area contributed by atoms with Crippen LogP contribution in [-0.2, 0) is 17.5 Å². The second-order valence-electron chi connectivity index (χ2n) is 7.27. The summed E-state index contributed by atoms with van der Waals surface area (Å²) in [5.74, 6) is 6.89. The minimum absolute atomic E-state index is 0.168. The first-order valence-corrected chi connectivity index (χ1v) is 10.8. The lowest BCUT2D eigenvalue weighted by Gasteiger charge is -2.20. The standard InChI is InChI=1S/C22H24N4O2S/c1-4-25-21-12-16(28-3)6-9-18(21)19(13-23)22(25)15-5-10-20(14(2)11-15)26(24)29(27)17-7-8-17/h5-6,9-12,17H,4,7-8,24H2,1-3H3. The van der Waals surface area contributed by atoms with Crippen LogP contribution in [0.4, 0.5) is 5.69 Å². The molecule has 0 saturated heterocycles. The zero-order valence-electron chi connectivity index (χ0n) is 16.8. The highest BCUT2D eigenvalue weighted by molar-refractivity contribution is 7.87. The van der Waals surface area contributed by atoms with E-state index in [9.17, 15) is 9.47 Å². The maximum atomic E-state index is 12.4. The van der Waals surface area contributed by atoms with Crippen LogP contribution in [0.5, 0.6) is 5.75 Å². The van der Waals surface area contributed by atoms with Crippen LogP contribution in [0, 0.1) is 18.3 Å². The normalized spacial score (nSPS) is 14.6. The number of benzene rings is 2. The lowest BCUT2D eigenvalue weighted by Crippen LogP contribution is -2.35. The Kier molecular flexibility index (Phi) is 5.07. The lowest BCUT2D eigenvalue weighted by atomic mass is 10.0. The average molecular weight is 409 g/mol. The highest BCUT2D eigenvalue weighted by atomic mass is 32.2. The van der Waals surface area contributed by atoms with E-state index in [1.54, 1.807) is 7.11 Å². The van der Waals surface area contributed by atoms with Gasteiger partial charge in [0.2, 0.25) is 0 Å². The Hall–Kier alpha value is -2.82. The molecule has 0 bridgehead atoms. The zero-order chi connectivity index (χ0) is 20.7. The number of rotatable bonds is 6. The minimum atomic E-state index is -1.21. The van der Waals surface area contributed by atoms with Crippen LogP contribution in [0.25, 0.3) is 22.2 Å². The van der Waals surface area contributed by atoms with E-state index in [1.807, 2.05) is 43.3 Å². The van der Waals surface area contributed by atoms with Crippen LogP contribution < -0.4 is 15.0 Å². The molecule has 3 aromatic rings. The van der Waals surface area contributed by atoms with Crippen molar-refractivity contribution in [3.05, 3.63) is 47.5 Å². The summed E-state index contributed by atoms with van der Waals surface area (Å²) in [4.78, 5) is 0. The number of nitrogens with two attached hydrogens (primary N) is 1. The third kappa shape index (κ3) is 3.28. The number of hydrazine groups is 1. The third-order valence-corrected chi connectivity index (χ3v) is 7.04. The Bertz CT molecular complexity index is 1160. The van der Waals surface area contributed by atoms with Gasteiger partial charge in [0.1, 0.15) is 22.8 Å². The van der Waals surface area contributed by atoms with Gasteiger partial charge in [-0.1, -0.05) is 6.07 Å². The average Bonchev–Trinajstić information content (AvgIpc) is 3.53. The van der Waals surface area contributed by atoms with E-state index in [-0.39, 0.29) is 5.25 Å². The summed E-state index contributed by atoms with van der Waals surface area (Å²) in [6.07, 6.45) is 1.92. The molecule has 0 amide bonds. The monoisotopic (exact) mass is 408 g/mol. The van der Waals surface area contributed by atoms with E-state index in [0.717, 1.165) is 58.5 Å². The van der Waals surface area contributed by atoms with Gasteiger partial charge >= 0.3 is 0 Å². The van der Waals surface area contributed by atoms with Crippen molar-refractivity contribution in [2.75, 3.05) is 11.5 Å². The molecule has 1 saturated carbocycles. The number of ether oxygens (including phenoxy) is 1. The largest absolute Gasteiger partial charge is 0.497 e. The number of anilines is 1. The molecule has 0 radical (unpaired) electrons. The van der Waals surface area contributed by atoms with E-state index < -0.39 is 11.0 Å². The second kappa shape index (κ2) is 7.54. The number of aromatic nitrogens is 1. The SMILES string of the molecule is CCn1c(-c2ccc(N(N)S(=O)C3CC3)c(C)c2)c(C#N)c2ccc(OC)cc21. The first-order chi connectivity index (χ1) is 14.0. The predicted molar refractivity (Wildman–Crippen MR) is 117 cm³/mol. The van der Waals surface area contributed by atoms with Gasteiger partial charge in [-0.2, -0.15) is 5.26 Å². The molecule has 6 nitrogen and oxygen atoms in total. The molecule has 1 aliphatic rings. The van der Waals surface area contributed by atoms with Crippen molar-refractivity contribution < 1.29 is 8.95 Å². The van der Waals surface area contributed by atoms with Crippen molar-refractivity contribution in [3.63, 3.8) is 0 Å². The topological polar surface area (TPSA) is 84.3 Å². The Balaban J connectivity index is 1.85. The smallest absolute Gasteiger partial charge is 0.137 e. The van der Waals surface area contributed by atoms with Gasteiger partial charge in [-0.15, -0.1) is 0 Å². The summed E-state index contributed by atoms with van der Waals surface area (Å²) < 4.78 is 21.3. The van der Waals surface area contributed by atoms with E-state index in [1.165, 1.54) is 4.41 Å². The van der Waals surface area contributed by atoms with Gasteiger partial charge < -0.3 is 9.30 Å². The fraction of sp³-hybridized carbons (Fsp3) is 0.318. The number of hydrogen-bond acceptors (Lipinski definition) is 4. The molecule has 2 N–H and O–H groups in total. The van der Waals surface area contributed by atoms with Crippen molar-refractivity contribution in [1.29, 1.82) is 5.26 Å². The van der Waals surface area contributed by atoms with E-state index in [2.05, 4.69) is 17.6 Å². The first-order valence-electron chi connectivity index (χ1n) is 9.67. The van der Waals surface area contributed by atoms with Crippen molar-refractivity contribution >= 4 is 27.6 Å². The van der Waals surface area contributed by atoms with Gasteiger partial charge in [0.15, 0.2) is 0 Å². The molecule has 1 aromatic heterocycles. The van der Waals surface area contributed by atoms with E-state index >= 15 is 0 Å². The first kappa shape index (κ1) is 19.5. The molecule has 1 heterocycles. The molecule has 0 aliphatic heterocycles. The van der Waals surface area contributed by atoms with Gasteiger partial charge in [0.25, 0.3) is 0 Å². The molecule has 7 heteroatoms. The van der Waals surface area contributed by atoms with Crippen LogP contribution in [0.1, 0.15) is 30.9 Å². The molecule has 2 aromatic carbocycles. The van der Waals surface area contributed by atoms with Crippen molar-refractivity contribution in [2.45, 2.75) is 38.5 Å². The van der Waals surface area contributed by atoms with Crippen molar-refractivity contribution in [3.8, 4) is 23.1 Å². The quantitative estimate of drug-likeness (QED) is 0.493. The number of aryl methyl sites for hydroxylation is 2. The van der Waals surface area contributed by atoms with Gasteiger partial charge in [-0.25, -0.2) is 14.5 Å². The summed E-state index contributed by atoms with van der Waals surface area (Å²) >= 11 is 0. The number of methoxy groups -OCH3 is 1. The van der Waals surface area contributed by atoms with E-state index in [4.69, 9.17) is 10.6 Å². The number of nitriles is 1. The second-order valence-corrected chi connectivity index (χ2v) is 8.88. The molecular formula is C22H24N4O2S. The molecule has 4 rings (SSSR count). The van der Waals surface area contributed by atoms with Gasteiger partial charge in [0.05, 0.1) is 34.8 Å². The Morgan fingerprint density at radius 3 is 2.66 bits per heavy atom. The molecule has 150 valence electrons. The minimum Gasteiger partial charge on any atom is -0.497 e. The third-order valence-electron chi connectivity index (χ3n) is 5.41. The maximum Gasteiger partial charge on any atom is 0.137 e. The molecule has 1 aliphatic carbocycles. The number of hydrogen-bond donors (Lipinski definition) is 1. The number of nitrogens with zero attached hydrogens (tertiary/aromatic N) is 3. The van der Waals surface area contributed by atoms with Crippen LogP contribution in [0.2, 0.25) is 0 Å². The molecule has 1 fully saturated rings. The van der Waals surface area contributed by atoms with Gasteiger partial charge in [-0.05, 0) is 62.1 Å². The summed E-state index contributed by atoms with van der Waals surface area (Å²) in [6, 6.07) is 14.0. The predicted octanol–water partition coefficient (Wildman–Crippen LogP) is 4.02. The fourth-order valence-corrected chi connectivity index (χ4v) is 5.03. The molecule has 0 spiro atoms.